The minimum absolute atomic E-state index is 0.0702. The predicted molar refractivity (Wildman–Crippen MR) is 103 cm³/mol. The van der Waals surface area contributed by atoms with Crippen molar-refractivity contribution >= 4 is 16.6 Å². The number of aromatic nitrogens is 2. The van der Waals surface area contributed by atoms with E-state index in [0.29, 0.717) is 29.9 Å². The van der Waals surface area contributed by atoms with Crippen LogP contribution < -0.4 is 15.2 Å². The SMILES string of the molecule is CN(C)CCCN(C)c1cc(OC2CCOCC2)c2c(=O)[nH]cnc2c1. The average Bonchev–Trinajstić information content (AvgIpc) is 2.62. The molecule has 142 valence electrons. The van der Waals surface area contributed by atoms with Crippen LogP contribution in [0.3, 0.4) is 0 Å². The lowest BCUT2D eigenvalue weighted by Crippen LogP contribution is -2.27. The number of fused-ring (bicyclic) bond motifs is 1. The molecule has 7 nitrogen and oxygen atoms in total. The third-order valence-electron chi connectivity index (χ3n) is 4.69. The van der Waals surface area contributed by atoms with Crippen molar-refractivity contribution in [2.45, 2.75) is 25.4 Å². The van der Waals surface area contributed by atoms with Gasteiger partial charge >= 0.3 is 0 Å². The molecule has 3 rings (SSSR count). The van der Waals surface area contributed by atoms with Crippen LogP contribution in [0.4, 0.5) is 5.69 Å². The highest BCUT2D eigenvalue weighted by atomic mass is 16.5. The second kappa shape index (κ2) is 8.51. The summed E-state index contributed by atoms with van der Waals surface area (Å²) in [5, 5.41) is 0.518. The highest BCUT2D eigenvalue weighted by Gasteiger charge is 2.19. The molecule has 0 aliphatic carbocycles. The Balaban J connectivity index is 1.88. The summed E-state index contributed by atoms with van der Waals surface area (Å²) < 4.78 is 11.6. The van der Waals surface area contributed by atoms with Crippen LogP contribution in [-0.2, 0) is 4.74 Å². The lowest BCUT2D eigenvalue weighted by molar-refractivity contribution is 0.0262. The molecular weight excluding hydrogens is 332 g/mol. The van der Waals surface area contributed by atoms with E-state index in [0.717, 1.165) is 38.0 Å². The standard InChI is InChI=1S/C19H28N4O3/c1-22(2)7-4-8-23(3)14-11-16-18(19(24)21-13-20-16)17(12-14)26-15-5-9-25-10-6-15/h11-13,15H,4-10H2,1-3H3,(H,20,21,24). The molecule has 7 heteroatoms. The summed E-state index contributed by atoms with van der Waals surface area (Å²) in [6, 6.07) is 3.92. The van der Waals surface area contributed by atoms with Gasteiger partial charge in [0.1, 0.15) is 17.2 Å². The molecule has 1 saturated heterocycles. The van der Waals surface area contributed by atoms with Crippen LogP contribution in [0.2, 0.25) is 0 Å². The number of anilines is 1. The molecule has 0 saturated carbocycles. The maximum Gasteiger partial charge on any atom is 0.262 e. The summed E-state index contributed by atoms with van der Waals surface area (Å²) in [7, 11) is 6.21. The Morgan fingerprint density at radius 1 is 1.23 bits per heavy atom. The van der Waals surface area contributed by atoms with Crippen LogP contribution in [0.15, 0.2) is 23.3 Å². The van der Waals surface area contributed by atoms with E-state index in [1.807, 2.05) is 12.1 Å². The summed E-state index contributed by atoms with van der Waals surface area (Å²) in [5.74, 6) is 0.609. The predicted octanol–water partition coefficient (Wildman–Crippen LogP) is 1.87. The van der Waals surface area contributed by atoms with Gasteiger partial charge in [0.05, 0.1) is 25.1 Å². The fourth-order valence-electron chi connectivity index (χ4n) is 3.19. The van der Waals surface area contributed by atoms with E-state index < -0.39 is 0 Å². The van der Waals surface area contributed by atoms with Gasteiger partial charge in [-0.3, -0.25) is 4.79 Å². The number of nitrogens with one attached hydrogen (secondary N) is 1. The molecule has 0 unspecified atom stereocenters. The number of rotatable bonds is 7. The normalized spacial score (nSPS) is 15.5. The Morgan fingerprint density at radius 2 is 2.00 bits per heavy atom. The van der Waals surface area contributed by atoms with Crippen LogP contribution in [-0.4, -0.2) is 68.4 Å². The topological polar surface area (TPSA) is 70.7 Å². The highest BCUT2D eigenvalue weighted by molar-refractivity contribution is 5.87. The number of benzene rings is 1. The first-order valence-corrected chi connectivity index (χ1v) is 9.16. The Bertz CT molecular complexity index is 784. The van der Waals surface area contributed by atoms with Gasteiger partial charge in [-0.05, 0) is 33.1 Å². The van der Waals surface area contributed by atoms with Gasteiger partial charge in [-0.1, -0.05) is 0 Å². The van der Waals surface area contributed by atoms with Crippen molar-refractivity contribution in [3.05, 3.63) is 28.8 Å². The molecule has 1 fully saturated rings. The molecular formula is C19H28N4O3. The third kappa shape index (κ3) is 4.53. The van der Waals surface area contributed by atoms with E-state index in [1.54, 1.807) is 0 Å². The summed E-state index contributed by atoms with van der Waals surface area (Å²) in [5.41, 5.74) is 1.50. The van der Waals surface area contributed by atoms with Crippen molar-refractivity contribution in [3.63, 3.8) is 0 Å². The zero-order valence-electron chi connectivity index (χ0n) is 15.8. The maximum atomic E-state index is 12.3. The van der Waals surface area contributed by atoms with Gasteiger partial charge in [-0.25, -0.2) is 4.98 Å². The quantitative estimate of drug-likeness (QED) is 0.813. The fraction of sp³-hybridized carbons (Fsp3) is 0.579. The van der Waals surface area contributed by atoms with Crippen LogP contribution >= 0.6 is 0 Å². The average molecular weight is 360 g/mol. The summed E-state index contributed by atoms with van der Waals surface area (Å²) in [6.07, 6.45) is 4.24. The zero-order chi connectivity index (χ0) is 18.5. The number of H-pyrrole nitrogens is 1. The first kappa shape index (κ1) is 18.7. The van der Waals surface area contributed by atoms with Gasteiger partial charge < -0.3 is 24.3 Å². The zero-order valence-corrected chi connectivity index (χ0v) is 15.8. The Labute approximate surface area is 153 Å². The van der Waals surface area contributed by atoms with Crippen molar-refractivity contribution in [2.24, 2.45) is 0 Å². The van der Waals surface area contributed by atoms with Crippen molar-refractivity contribution in [2.75, 3.05) is 52.3 Å². The van der Waals surface area contributed by atoms with Crippen LogP contribution in [0.25, 0.3) is 10.9 Å². The van der Waals surface area contributed by atoms with E-state index in [1.165, 1.54) is 6.33 Å². The molecule has 2 aromatic rings. The Morgan fingerprint density at radius 3 is 2.73 bits per heavy atom. The summed E-state index contributed by atoms with van der Waals surface area (Å²) >= 11 is 0. The molecule has 0 spiro atoms. The number of nitrogens with zero attached hydrogens (tertiary/aromatic N) is 3. The minimum atomic E-state index is -0.168. The molecule has 26 heavy (non-hydrogen) atoms. The fourth-order valence-corrected chi connectivity index (χ4v) is 3.19. The monoisotopic (exact) mass is 360 g/mol. The van der Waals surface area contributed by atoms with Crippen molar-refractivity contribution in [1.29, 1.82) is 0 Å². The van der Waals surface area contributed by atoms with E-state index in [2.05, 4.69) is 40.9 Å². The molecule has 0 radical (unpaired) electrons. The molecule has 0 bridgehead atoms. The molecule has 1 aliphatic heterocycles. The van der Waals surface area contributed by atoms with E-state index >= 15 is 0 Å². The summed E-state index contributed by atoms with van der Waals surface area (Å²) in [4.78, 5) is 23.7. The smallest absolute Gasteiger partial charge is 0.262 e. The van der Waals surface area contributed by atoms with Crippen molar-refractivity contribution in [3.8, 4) is 5.75 Å². The molecule has 0 atom stereocenters. The van der Waals surface area contributed by atoms with Crippen LogP contribution in [0, 0.1) is 0 Å². The van der Waals surface area contributed by atoms with Gasteiger partial charge in [0.15, 0.2) is 0 Å². The molecule has 1 aromatic heterocycles. The molecule has 0 amide bonds. The van der Waals surface area contributed by atoms with E-state index in [9.17, 15) is 4.79 Å². The number of ether oxygens (including phenoxy) is 2. The lowest BCUT2D eigenvalue weighted by atomic mass is 10.1. The number of hydrogen-bond donors (Lipinski definition) is 1. The minimum Gasteiger partial charge on any atom is -0.489 e. The van der Waals surface area contributed by atoms with Gasteiger partial charge in [0, 0.05) is 38.2 Å². The van der Waals surface area contributed by atoms with Crippen LogP contribution in [0.5, 0.6) is 5.75 Å². The van der Waals surface area contributed by atoms with Crippen molar-refractivity contribution in [1.82, 2.24) is 14.9 Å². The number of aromatic amines is 1. The largest absolute Gasteiger partial charge is 0.489 e. The first-order chi connectivity index (χ1) is 12.5. The molecule has 1 aliphatic rings. The second-order valence-electron chi connectivity index (χ2n) is 7.08. The number of hydrogen-bond acceptors (Lipinski definition) is 6. The first-order valence-electron chi connectivity index (χ1n) is 9.16. The Hall–Kier alpha value is -2.12. The maximum absolute atomic E-state index is 12.3. The Kier molecular flexibility index (Phi) is 6.11. The van der Waals surface area contributed by atoms with Gasteiger partial charge in [0.25, 0.3) is 5.56 Å². The third-order valence-corrected chi connectivity index (χ3v) is 4.69. The van der Waals surface area contributed by atoms with E-state index in [-0.39, 0.29) is 11.7 Å². The van der Waals surface area contributed by atoms with Crippen LogP contribution in [0.1, 0.15) is 19.3 Å². The lowest BCUT2D eigenvalue weighted by Gasteiger charge is -2.25. The molecule has 2 heterocycles. The molecule has 1 N–H and O–H groups in total. The van der Waals surface area contributed by atoms with Crippen molar-refractivity contribution < 1.29 is 9.47 Å². The second-order valence-corrected chi connectivity index (χ2v) is 7.08. The molecule has 1 aromatic carbocycles. The van der Waals surface area contributed by atoms with Gasteiger partial charge in [0.2, 0.25) is 0 Å². The van der Waals surface area contributed by atoms with Gasteiger partial charge in [-0.2, -0.15) is 0 Å². The highest BCUT2D eigenvalue weighted by Crippen LogP contribution is 2.30. The van der Waals surface area contributed by atoms with Gasteiger partial charge in [-0.15, -0.1) is 0 Å². The summed E-state index contributed by atoms with van der Waals surface area (Å²) in [6.45, 7) is 3.34. The van der Waals surface area contributed by atoms with E-state index in [4.69, 9.17) is 9.47 Å².